The molecule has 0 amide bonds. The van der Waals surface area contributed by atoms with Crippen LogP contribution in [0.4, 0.5) is 0 Å². The Bertz CT molecular complexity index is 1190. The number of fused-ring (bicyclic) bond motifs is 5. The zero-order valence-electron chi connectivity index (χ0n) is 17.8. The van der Waals surface area contributed by atoms with Crippen LogP contribution < -0.4 is 5.43 Å². The van der Waals surface area contributed by atoms with Crippen LogP contribution in [0.1, 0.15) is 61.0 Å². The van der Waals surface area contributed by atoms with E-state index in [0.717, 1.165) is 11.3 Å². The van der Waals surface area contributed by atoms with Gasteiger partial charge in [-0.1, -0.05) is 32.6 Å². The first-order valence-corrected chi connectivity index (χ1v) is 10.2. The van der Waals surface area contributed by atoms with Crippen molar-refractivity contribution in [3.8, 4) is 23.2 Å². The molecule has 4 rings (SSSR count). The zero-order chi connectivity index (χ0) is 22.3. The molecule has 0 saturated carbocycles. The Labute approximate surface area is 179 Å². The maximum Gasteiger partial charge on any atom is 0.341 e. The number of hydrogen-bond donors (Lipinski definition) is 2. The van der Waals surface area contributed by atoms with Gasteiger partial charge in [-0.3, -0.25) is 9.48 Å². The minimum atomic E-state index is -1.24. The number of aromatic nitrogens is 3. The molecule has 3 heterocycles. The van der Waals surface area contributed by atoms with Gasteiger partial charge in [0.25, 0.3) is 0 Å². The Morgan fingerprint density at radius 3 is 2.84 bits per heavy atom. The van der Waals surface area contributed by atoms with Crippen molar-refractivity contribution in [1.82, 2.24) is 14.3 Å². The Kier molecular flexibility index (Phi) is 5.33. The average Bonchev–Trinajstić information content (AvgIpc) is 2.95. The molecule has 0 radical (unpaired) electrons. The molecule has 1 aliphatic carbocycles. The zero-order valence-corrected chi connectivity index (χ0v) is 17.8. The predicted molar refractivity (Wildman–Crippen MR) is 115 cm³/mol. The molecule has 8 nitrogen and oxygen atoms in total. The molecule has 0 bridgehead atoms. The van der Waals surface area contributed by atoms with Gasteiger partial charge in [0.15, 0.2) is 11.5 Å². The quantitative estimate of drug-likeness (QED) is 0.565. The molecule has 0 spiro atoms. The largest absolute Gasteiger partial charge is 0.477 e. The third kappa shape index (κ3) is 3.71. The highest BCUT2D eigenvalue weighted by Gasteiger charge is 2.37. The normalized spacial score (nSPS) is 19.0. The summed E-state index contributed by atoms with van der Waals surface area (Å²) >= 11 is 0. The number of pyridine rings is 1. The van der Waals surface area contributed by atoms with Crippen molar-refractivity contribution in [1.29, 1.82) is 0 Å². The van der Waals surface area contributed by atoms with Crippen molar-refractivity contribution in [2.45, 2.75) is 45.9 Å². The predicted octanol–water partition coefficient (Wildman–Crippen LogP) is 2.48. The van der Waals surface area contributed by atoms with E-state index in [1.807, 2.05) is 15.3 Å². The van der Waals surface area contributed by atoms with E-state index >= 15 is 0 Å². The molecule has 2 unspecified atom stereocenters. The molecule has 0 fully saturated rings. The number of nitrogens with zero attached hydrogens (tertiary/aromatic N) is 3. The lowest BCUT2D eigenvalue weighted by Crippen LogP contribution is -2.35. The van der Waals surface area contributed by atoms with Gasteiger partial charge in [-0.25, -0.2) is 4.79 Å². The number of carboxylic acid groups (broad SMARTS) is 1. The van der Waals surface area contributed by atoms with E-state index in [1.165, 1.54) is 12.3 Å². The third-order valence-corrected chi connectivity index (χ3v) is 5.63. The fraction of sp³-hybridized carbons (Fsp3) is 0.435. The topological polar surface area (TPSA) is 107 Å². The second-order valence-electron chi connectivity index (χ2n) is 8.81. The van der Waals surface area contributed by atoms with Crippen LogP contribution in [-0.4, -0.2) is 43.7 Å². The summed E-state index contributed by atoms with van der Waals surface area (Å²) in [4.78, 5) is 24.2. The lowest BCUT2D eigenvalue weighted by molar-refractivity contribution is 0.0692. The summed E-state index contributed by atoms with van der Waals surface area (Å²) in [5.41, 5.74) is 1.80. The summed E-state index contributed by atoms with van der Waals surface area (Å²) in [6.45, 7) is 7.12. The molecule has 1 aliphatic heterocycles. The van der Waals surface area contributed by atoms with Crippen LogP contribution in [0.2, 0.25) is 0 Å². The summed E-state index contributed by atoms with van der Waals surface area (Å²) in [5.74, 6) is 4.75. The van der Waals surface area contributed by atoms with Crippen LogP contribution in [-0.2, 0) is 11.3 Å². The molecule has 2 aromatic rings. The van der Waals surface area contributed by atoms with Crippen LogP contribution in [0.3, 0.4) is 0 Å². The molecular weight excluding hydrogens is 398 g/mol. The van der Waals surface area contributed by atoms with Crippen molar-refractivity contribution in [3.63, 3.8) is 0 Å². The van der Waals surface area contributed by atoms with E-state index in [0.29, 0.717) is 31.0 Å². The number of aliphatic hydroxyl groups is 1. The number of aromatic carboxylic acids is 1. The molecule has 2 aliphatic rings. The van der Waals surface area contributed by atoms with Gasteiger partial charge in [-0.15, -0.1) is 0 Å². The lowest BCUT2D eigenvalue weighted by Gasteiger charge is -2.38. The number of aliphatic hydroxyl groups excluding tert-OH is 1. The van der Waals surface area contributed by atoms with Gasteiger partial charge < -0.3 is 19.5 Å². The Morgan fingerprint density at radius 1 is 1.39 bits per heavy atom. The number of allylic oxidation sites excluding steroid dienone is 1. The standard InChI is InChI=1S/C23H25N3O5/c1-23(2,3)19-13-26-21(16-11-17(28)15(22(29)30)12-25(16)19)14-7-4-5-8-18(20(14)24-26)31-10-6-9-27/h4,7,11-12,18-19,27H,6,9-10,13H2,1-3H3,(H,29,30). The first kappa shape index (κ1) is 21.1. The van der Waals surface area contributed by atoms with Gasteiger partial charge in [0, 0.05) is 24.4 Å². The molecular formula is C23H25N3O5. The van der Waals surface area contributed by atoms with E-state index in [-0.39, 0.29) is 23.6 Å². The molecule has 0 aromatic carbocycles. The lowest BCUT2D eigenvalue weighted by atomic mass is 9.84. The summed E-state index contributed by atoms with van der Waals surface area (Å²) in [6, 6.07) is 1.28. The highest BCUT2D eigenvalue weighted by molar-refractivity contribution is 5.88. The maximum absolute atomic E-state index is 12.6. The van der Waals surface area contributed by atoms with Crippen molar-refractivity contribution < 1.29 is 19.7 Å². The molecule has 0 saturated heterocycles. The Hall–Kier alpha value is -3.15. The van der Waals surface area contributed by atoms with Gasteiger partial charge >= 0.3 is 5.97 Å². The van der Waals surface area contributed by atoms with E-state index in [4.69, 9.17) is 14.9 Å². The van der Waals surface area contributed by atoms with E-state index in [2.05, 4.69) is 32.6 Å². The number of carboxylic acids is 1. The number of hydrogen-bond acceptors (Lipinski definition) is 5. The second kappa shape index (κ2) is 7.84. The fourth-order valence-corrected chi connectivity index (χ4v) is 4.06. The average molecular weight is 423 g/mol. The minimum Gasteiger partial charge on any atom is -0.477 e. The van der Waals surface area contributed by atoms with Gasteiger partial charge in [-0.2, -0.15) is 5.10 Å². The molecule has 8 heteroatoms. The van der Waals surface area contributed by atoms with Crippen LogP contribution >= 0.6 is 0 Å². The fourth-order valence-electron chi connectivity index (χ4n) is 4.06. The van der Waals surface area contributed by atoms with Crippen LogP contribution in [0.15, 0.2) is 23.1 Å². The van der Waals surface area contributed by atoms with E-state index in [9.17, 15) is 14.7 Å². The molecule has 31 heavy (non-hydrogen) atoms. The van der Waals surface area contributed by atoms with Gasteiger partial charge in [-0.05, 0) is 24.0 Å². The van der Waals surface area contributed by atoms with Crippen LogP contribution in [0, 0.1) is 17.3 Å². The minimum absolute atomic E-state index is 0.0282. The van der Waals surface area contributed by atoms with Crippen molar-refractivity contribution in [2.75, 3.05) is 13.2 Å². The van der Waals surface area contributed by atoms with Crippen molar-refractivity contribution in [3.05, 3.63) is 45.4 Å². The van der Waals surface area contributed by atoms with Crippen molar-refractivity contribution >= 4 is 12.0 Å². The number of ether oxygens (including phenoxy) is 1. The third-order valence-electron chi connectivity index (χ3n) is 5.63. The molecule has 2 N–H and O–H groups in total. The first-order valence-electron chi connectivity index (χ1n) is 10.2. The first-order chi connectivity index (χ1) is 14.7. The van der Waals surface area contributed by atoms with Gasteiger partial charge in [0.05, 0.1) is 30.6 Å². The van der Waals surface area contributed by atoms with E-state index in [1.54, 1.807) is 6.08 Å². The monoisotopic (exact) mass is 423 g/mol. The highest BCUT2D eigenvalue weighted by atomic mass is 16.5. The summed E-state index contributed by atoms with van der Waals surface area (Å²) in [5, 5.41) is 23.3. The van der Waals surface area contributed by atoms with Crippen molar-refractivity contribution in [2.24, 2.45) is 5.41 Å². The second-order valence-corrected chi connectivity index (χ2v) is 8.81. The molecule has 162 valence electrons. The maximum atomic E-state index is 12.6. The SMILES string of the molecule is CC(C)(C)C1Cn2nc3c(c2-c2cc(=O)c(C(=O)O)cn21)C=CC#CC3OCCCO. The Morgan fingerprint density at radius 2 is 2.16 bits per heavy atom. The highest BCUT2D eigenvalue weighted by Crippen LogP contribution is 2.42. The smallest absolute Gasteiger partial charge is 0.341 e. The van der Waals surface area contributed by atoms with Gasteiger partial charge in [0.2, 0.25) is 0 Å². The summed E-state index contributed by atoms with van der Waals surface area (Å²) in [7, 11) is 0. The van der Waals surface area contributed by atoms with Crippen LogP contribution in [0.5, 0.6) is 0 Å². The van der Waals surface area contributed by atoms with Gasteiger partial charge in [0.1, 0.15) is 11.3 Å². The number of rotatable bonds is 5. The molecule has 2 atom stereocenters. The van der Waals surface area contributed by atoms with E-state index < -0.39 is 17.5 Å². The summed E-state index contributed by atoms with van der Waals surface area (Å²) < 4.78 is 9.63. The number of carbonyl (C=O) groups is 1. The van der Waals surface area contributed by atoms with Crippen LogP contribution in [0.25, 0.3) is 17.5 Å². The Balaban J connectivity index is 1.91. The molecule has 2 aromatic heterocycles. The summed E-state index contributed by atoms with van der Waals surface area (Å²) in [6.07, 6.45) is 4.97.